The second-order valence-electron chi connectivity index (χ2n) is 4.56. The van der Waals surface area contributed by atoms with E-state index >= 15 is 0 Å². The van der Waals surface area contributed by atoms with Crippen LogP contribution in [0.5, 0.6) is 0 Å². The Labute approximate surface area is 135 Å². The average Bonchev–Trinajstić information content (AvgIpc) is 2.50. The minimum atomic E-state index is -0.492. The molecular weight excluding hydrogens is 326 g/mol. The molecule has 22 heavy (non-hydrogen) atoms. The lowest BCUT2D eigenvalue weighted by atomic mass is 10.4. The molecule has 0 aliphatic rings. The lowest BCUT2D eigenvalue weighted by Gasteiger charge is -2.10. The molecule has 1 aromatic carbocycles. The highest BCUT2D eigenvalue weighted by molar-refractivity contribution is 8.00. The Morgan fingerprint density at radius 3 is 2.45 bits per heavy atom. The second kappa shape index (κ2) is 6.85. The maximum atomic E-state index is 11.9. The largest absolute Gasteiger partial charge is 0.332 e. The van der Waals surface area contributed by atoms with Gasteiger partial charge in [-0.15, -0.1) is 11.8 Å². The van der Waals surface area contributed by atoms with Crippen LogP contribution in [0, 0.1) is 0 Å². The van der Waals surface area contributed by atoms with Crippen molar-refractivity contribution in [2.45, 2.75) is 4.90 Å². The third-order valence-electron chi connectivity index (χ3n) is 2.98. The maximum Gasteiger partial charge on any atom is 0.332 e. The Morgan fingerprint density at radius 1 is 1.18 bits per heavy atom. The topological polar surface area (TPSA) is 73.1 Å². The molecule has 1 heterocycles. The van der Waals surface area contributed by atoms with Crippen molar-refractivity contribution in [1.29, 1.82) is 0 Å². The molecule has 6 nitrogen and oxygen atoms in total. The molecule has 1 N–H and O–H groups in total. The van der Waals surface area contributed by atoms with Gasteiger partial charge < -0.3 is 5.32 Å². The van der Waals surface area contributed by atoms with Crippen LogP contribution in [0.25, 0.3) is 0 Å². The Hall–Kier alpha value is -1.99. The summed E-state index contributed by atoms with van der Waals surface area (Å²) in [5.74, 6) is 0.0309. The van der Waals surface area contributed by atoms with Crippen LogP contribution in [-0.2, 0) is 18.9 Å². The van der Waals surface area contributed by atoms with E-state index in [4.69, 9.17) is 11.6 Å². The van der Waals surface area contributed by atoms with E-state index in [0.29, 0.717) is 5.02 Å². The second-order valence-corrected chi connectivity index (χ2v) is 6.04. The molecule has 0 radical (unpaired) electrons. The number of halogens is 1. The standard InChI is InChI=1S/C14H14ClN3O3S/c1-17-11(7-13(20)18(2)14(17)21)16-12(19)8-22-10-5-3-9(15)4-6-10/h3-7H,8H2,1-2H3,(H,16,19). The van der Waals surface area contributed by atoms with Crippen molar-refractivity contribution in [3.05, 3.63) is 56.2 Å². The number of anilines is 1. The number of nitrogens with zero attached hydrogens (tertiary/aromatic N) is 2. The molecule has 8 heteroatoms. The van der Waals surface area contributed by atoms with Crippen molar-refractivity contribution in [3.63, 3.8) is 0 Å². The van der Waals surface area contributed by atoms with Crippen molar-refractivity contribution in [2.24, 2.45) is 14.1 Å². The van der Waals surface area contributed by atoms with Crippen molar-refractivity contribution < 1.29 is 4.79 Å². The van der Waals surface area contributed by atoms with E-state index in [1.165, 1.54) is 36.5 Å². The number of thioether (sulfide) groups is 1. The molecule has 1 amide bonds. The van der Waals surface area contributed by atoms with Crippen molar-refractivity contribution in [3.8, 4) is 0 Å². The summed E-state index contributed by atoms with van der Waals surface area (Å²) < 4.78 is 2.18. The first-order valence-corrected chi connectivity index (χ1v) is 7.70. The van der Waals surface area contributed by atoms with Crippen molar-refractivity contribution in [1.82, 2.24) is 9.13 Å². The molecule has 0 atom stereocenters. The van der Waals surface area contributed by atoms with E-state index in [2.05, 4.69) is 5.32 Å². The molecule has 0 aliphatic heterocycles. The van der Waals surface area contributed by atoms with Crippen LogP contribution in [0.1, 0.15) is 0 Å². The Morgan fingerprint density at radius 2 is 1.82 bits per heavy atom. The number of benzene rings is 1. The predicted octanol–water partition coefficient (Wildman–Crippen LogP) is 1.47. The normalized spacial score (nSPS) is 10.5. The molecule has 0 aliphatic carbocycles. The summed E-state index contributed by atoms with van der Waals surface area (Å²) >= 11 is 7.12. The van der Waals surface area contributed by atoms with Gasteiger partial charge in [0.2, 0.25) is 5.91 Å². The minimum Gasteiger partial charge on any atom is -0.311 e. The molecule has 116 valence electrons. The maximum absolute atomic E-state index is 11.9. The predicted molar refractivity (Wildman–Crippen MR) is 87.7 cm³/mol. The van der Waals surface area contributed by atoms with E-state index < -0.39 is 11.2 Å². The van der Waals surface area contributed by atoms with Crippen LogP contribution in [0.15, 0.2) is 44.8 Å². The SMILES string of the molecule is Cn1c(NC(=O)CSc2ccc(Cl)cc2)cc(=O)n(C)c1=O. The third-order valence-corrected chi connectivity index (χ3v) is 4.24. The zero-order chi connectivity index (χ0) is 16.3. The highest BCUT2D eigenvalue weighted by atomic mass is 35.5. The molecule has 0 unspecified atom stereocenters. The first-order chi connectivity index (χ1) is 10.4. The molecule has 0 saturated heterocycles. The Kier molecular flexibility index (Phi) is 5.10. The number of aromatic nitrogens is 2. The molecule has 1 aromatic heterocycles. The monoisotopic (exact) mass is 339 g/mol. The van der Waals surface area contributed by atoms with E-state index in [-0.39, 0.29) is 17.5 Å². The molecule has 0 spiro atoms. The fraction of sp³-hybridized carbons (Fsp3) is 0.214. The number of carbonyl (C=O) groups excluding carboxylic acids is 1. The average molecular weight is 340 g/mol. The molecular formula is C14H14ClN3O3S. The Balaban J connectivity index is 2.05. The fourth-order valence-corrected chi connectivity index (χ4v) is 2.54. The first-order valence-electron chi connectivity index (χ1n) is 6.34. The summed E-state index contributed by atoms with van der Waals surface area (Å²) in [6.45, 7) is 0. The number of nitrogens with one attached hydrogen (secondary N) is 1. The van der Waals surface area contributed by atoms with Gasteiger partial charge in [-0.3, -0.25) is 18.7 Å². The van der Waals surface area contributed by atoms with Crippen LogP contribution in [-0.4, -0.2) is 20.8 Å². The van der Waals surface area contributed by atoms with E-state index in [0.717, 1.165) is 9.46 Å². The molecule has 2 aromatic rings. The van der Waals surface area contributed by atoms with Gasteiger partial charge in [-0.05, 0) is 24.3 Å². The Bertz CT molecular complexity index is 812. The first kappa shape index (κ1) is 16.4. The van der Waals surface area contributed by atoms with Crippen LogP contribution in [0.4, 0.5) is 5.82 Å². The summed E-state index contributed by atoms with van der Waals surface area (Å²) in [6, 6.07) is 8.33. The van der Waals surface area contributed by atoms with Gasteiger partial charge in [-0.2, -0.15) is 0 Å². The molecule has 2 rings (SSSR count). The van der Waals surface area contributed by atoms with E-state index in [1.807, 2.05) is 12.1 Å². The smallest absolute Gasteiger partial charge is 0.311 e. The van der Waals surface area contributed by atoms with Crippen LogP contribution in [0.3, 0.4) is 0 Å². The lowest BCUT2D eigenvalue weighted by molar-refractivity contribution is -0.113. The van der Waals surface area contributed by atoms with Gasteiger partial charge in [0.1, 0.15) is 5.82 Å². The van der Waals surface area contributed by atoms with Crippen molar-refractivity contribution in [2.75, 3.05) is 11.1 Å². The highest BCUT2D eigenvalue weighted by Crippen LogP contribution is 2.20. The third kappa shape index (κ3) is 3.80. The number of hydrogen-bond acceptors (Lipinski definition) is 4. The lowest BCUT2D eigenvalue weighted by Crippen LogP contribution is -2.38. The zero-order valence-corrected chi connectivity index (χ0v) is 13.6. The number of amides is 1. The summed E-state index contributed by atoms with van der Waals surface area (Å²) in [5.41, 5.74) is -0.961. The van der Waals surface area contributed by atoms with Gasteiger partial charge in [-0.1, -0.05) is 11.6 Å². The summed E-state index contributed by atoms with van der Waals surface area (Å²) in [4.78, 5) is 36.2. The highest BCUT2D eigenvalue weighted by Gasteiger charge is 2.09. The van der Waals surface area contributed by atoms with Gasteiger partial charge in [0, 0.05) is 30.1 Å². The summed E-state index contributed by atoms with van der Waals surface area (Å²) in [5, 5.41) is 3.19. The van der Waals surface area contributed by atoms with Crippen LogP contribution < -0.4 is 16.6 Å². The van der Waals surface area contributed by atoms with E-state index in [1.54, 1.807) is 12.1 Å². The van der Waals surface area contributed by atoms with E-state index in [9.17, 15) is 14.4 Å². The quantitative estimate of drug-likeness (QED) is 0.856. The minimum absolute atomic E-state index is 0.158. The number of carbonyl (C=O) groups is 1. The van der Waals surface area contributed by atoms with Crippen molar-refractivity contribution >= 4 is 35.1 Å². The van der Waals surface area contributed by atoms with Crippen LogP contribution >= 0.6 is 23.4 Å². The van der Waals surface area contributed by atoms with Gasteiger partial charge in [0.05, 0.1) is 5.75 Å². The van der Waals surface area contributed by atoms with Gasteiger partial charge >= 0.3 is 5.69 Å². The molecule has 0 bridgehead atoms. The molecule has 0 saturated carbocycles. The summed E-state index contributed by atoms with van der Waals surface area (Å²) in [7, 11) is 2.87. The summed E-state index contributed by atoms with van der Waals surface area (Å²) in [6.07, 6.45) is 0. The van der Waals surface area contributed by atoms with Gasteiger partial charge in [0.25, 0.3) is 5.56 Å². The fourth-order valence-electron chi connectivity index (χ4n) is 1.71. The van der Waals surface area contributed by atoms with Gasteiger partial charge in [-0.25, -0.2) is 4.79 Å². The number of hydrogen-bond donors (Lipinski definition) is 1. The van der Waals surface area contributed by atoms with Gasteiger partial charge in [0.15, 0.2) is 0 Å². The zero-order valence-electron chi connectivity index (χ0n) is 12.0. The number of rotatable bonds is 4. The van der Waals surface area contributed by atoms with Crippen LogP contribution in [0.2, 0.25) is 5.02 Å². The molecule has 0 fully saturated rings.